The van der Waals surface area contributed by atoms with Gasteiger partial charge in [-0.05, 0) is 26.2 Å². The van der Waals surface area contributed by atoms with Crippen molar-refractivity contribution in [2.75, 3.05) is 6.61 Å². The Morgan fingerprint density at radius 3 is 3.00 bits per heavy atom. The Balaban J connectivity index is 2.31. The maximum atomic E-state index is 10.6. The molecule has 1 heterocycles. The molecule has 0 aliphatic carbocycles. The number of rotatable bonds is 3. The third-order valence-electron chi connectivity index (χ3n) is 2.10. The average molecular weight is 169 g/mol. The number of carbonyl (C=O) groups is 1. The summed E-state index contributed by atoms with van der Waals surface area (Å²) in [6, 6.07) is 0. The van der Waals surface area contributed by atoms with Crippen molar-refractivity contribution in [2.45, 2.75) is 32.3 Å². The second-order valence-electron chi connectivity index (χ2n) is 3.12. The third kappa shape index (κ3) is 2.66. The predicted octanol–water partition coefficient (Wildman–Crippen LogP) is 0.987. The molecule has 1 rings (SSSR count). The number of hydrogen-bond acceptors (Lipinski definition) is 2. The molecule has 1 aliphatic heterocycles. The molecule has 1 saturated heterocycles. The summed E-state index contributed by atoms with van der Waals surface area (Å²) >= 11 is 0. The first-order chi connectivity index (χ1) is 5.70. The Labute approximate surface area is 72.6 Å². The topological polar surface area (TPSA) is 52.3 Å². The Kier molecular flexibility index (Phi) is 3.29. The van der Waals surface area contributed by atoms with E-state index in [-0.39, 0.29) is 5.91 Å². The fraction of sp³-hybridized carbons (Fsp3) is 0.667. The molecule has 3 nitrogen and oxygen atoms in total. The summed E-state index contributed by atoms with van der Waals surface area (Å²) in [5.74, 6) is -0.340. The smallest absolute Gasteiger partial charge is 0.244 e. The van der Waals surface area contributed by atoms with Crippen molar-refractivity contribution in [2.24, 2.45) is 5.73 Å². The van der Waals surface area contributed by atoms with Crippen molar-refractivity contribution in [3.8, 4) is 0 Å². The summed E-state index contributed by atoms with van der Waals surface area (Å²) < 4.78 is 5.39. The molecule has 68 valence electrons. The van der Waals surface area contributed by atoms with Gasteiger partial charge in [0.05, 0.1) is 6.10 Å². The molecule has 0 radical (unpaired) electrons. The monoisotopic (exact) mass is 169 g/mol. The van der Waals surface area contributed by atoms with Crippen LogP contribution in [0.5, 0.6) is 0 Å². The van der Waals surface area contributed by atoms with Crippen LogP contribution < -0.4 is 5.73 Å². The number of ether oxygens (including phenoxy) is 1. The fourth-order valence-electron chi connectivity index (χ4n) is 1.24. The van der Waals surface area contributed by atoms with Crippen molar-refractivity contribution in [1.82, 2.24) is 0 Å². The van der Waals surface area contributed by atoms with Gasteiger partial charge >= 0.3 is 0 Å². The lowest BCUT2D eigenvalue weighted by Gasteiger charge is -2.04. The van der Waals surface area contributed by atoms with Crippen molar-refractivity contribution >= 4 is 5.91 Å². The first-order valence-corrected chi connectivity index (χ1v) is 4.28. The van der Waals surface area contributed by atoms with Crippen LogP contribution in [-0.2, 0) is 9.53 Å². The van der Waals surface area contributed by atoms with Crippen molar-refractivity contribution in [1.29, 1.82) is 0 Å². The minimum Gasteiger partial charge on any atom is -0.378 e. The number of hydrogen-bond donors (Lipinski definition) is 1. The first kappa shape index (κ1) is 9.26. The van der Waals surface area contributed by atoms with Gasteiger partial charge in [0.15, 0.2) is 0 Å². The number of nitrogens with two attached hydrogens (primary N) is 1. The Morgan fingerprint density at radius 1 is 1.75 bits per heavy atom. The third-order valence-corrected chi connectivity index (χ3v) is 2.10. The van der Waals surface area contributed by atoms with Crippen LogP contribution in [-0.4, -0.2) is 18.6 Å². The highest BCUT2D eigenvalue weighted by Crippen LogP contribution is 2.16. The molecule has 1 amide bonds. The molecule has 1 aliphatic rings. The summed E-state index contributed by atoms with van der Waals surface area (Å²) in [6.07, 6.45) is 5.21. The van der Waals surface area contributed by atoms with E-state index in [1.54, 1.807) is 6.92 Å². The van der Waals surface area contributed by atoms with Crippen LogP contribution in [0.25, 0.3) is 0 Å². The molecular weight excluding hydrogens is 154 g/mol. The van der Waals surface area contributed by atoms with Gasteiger partial charge in [-0.3, -0.25) is 4.79 Å². The predicted molar refractivity (Wildman–Crippen MR) is 46.5 cm³/mol. The normalized spacial score (nSPS) is 24.4. The van der Waals surface area contributed by atoms with Crippen LogP contribution in [0.1, 0.15) is 26.2 Å². The lowest BCUT2D eigenvalue weighted by molar-refractivity contribution is -0.114. The van der Waals surface area contributed by atoms with E-state index >= 15 is 0 Å². The highest BCUT2D eigenvalue weighted by molar-refractivity contribution is 5.91. The van der Waals surface area contributed by atoms with Gasteiger partial charge in [-0.1, -0.05) is 6.08 Å². The number of carbonyl (C=O) groups excluding carboxylic acids is 1. The summed E-state index contributed by atoms with van der Waals surface area (Å²) in [7, 11) is 0. The van der Waals surface area contributed by atoms with Gasteiger partial charge in [0.2, 0.25) is 5.91 Å². The highest BCUT2D eigenvalue weighted by atomic mass is 16.5. The number of primary amides is 1. The van der Waals surface area contributed by atoms with Gasteiger partial charge in [-0.2, -0.15) is 0 Å². The van der Waals surface area contributed by atoms with Gasteiger partial charge in [0.25, 0.3) is 0 Å². The molecule has 12 heavy (non-hydrogen) atoms. The maximum absolute atomic E-state index is 10.6. The molecule has 3 heteroatoms. The molecule has 0 saturated carbocycles. The van der Waals surface area contributed by atoms with Gasteiger partial charge < -0.3 is 10.5 Å². The standard InChI is InChI=1S/C9H15NO2/c1-7(9(10)11)4-5-8-3-2-6-12-8/h4,8H,2-3,5-6H2,1H3,(H2,10,11)/b7-4+. The summed E-state index contributed by atoms with van der Waals surface area (Å²) in [5.41, 5.74) is 5.70. The highest BCUT2D eigenvalue weighted by Gasteiger charge is 2.13. The molecule has 2 N–H and O–H groups in total. The van der Waals surface area contributed by atoms with Gasteiger partial charge in [-0.25, -0.2) is 0 Å². The lowest BCUT2D eigenvalue weighted by Crippen LogP contribution is -2.12. The molecule has 1 unspecified atom stereocenters. The maximum Gasteiger partial charge on any atom is 0.244 e. The summed E-state index contributed by atoms with van der Waals surface area (Å²) in [6.45, 7) is 2.59. The van der Waals surface area contributed by atoms with Crippen LogP contribution in [0.3, 0.4) is 0 Å². The zero-order valence-electron chi connectivity index (χ0n) is 7.38. The molecule has 0 bridgehead atoms. The molecule has 1 fully saturated rings. The zero-order valence-corrected chi connectivity index (χ0v) is 7.38. The average Bonchev–Trinajstić information content (AvgIpc) is 2.51. The van der Waals surface area contributed by atoms with Crippen LogP contribution >= 0.6 is 0 Å². The van der Waals surface area contributed by atoms with E-state index in [9.17, 15) is 4.79 Å². The van der Waals surface area contributed by atoms with E-state index < -0.39 is 0 Å². The Bertz CT molecular complexity index is 193. The van der Waals surface area contributed by atoms with Crippen LogP contribution in [0.4, 0.5) is 0 Å². The summed E-state index contributed by atoms with van der Waals surface area (Å²) in [4.78, 5) is 10.6. The largest absolute Gasteiger partial charge is 0.378 e. The van der Waals surface area contributed by atoms with Crippen LogP contribution in [0.15, 0.2) is 11.6 Å². The minimum atomic E-state index is -0.340. The Hall–Kier alpha value is -0.830. The molecule has 0 aromatic carbocycles. The second-order valence-corrected chi connectivity index (χ2v) is 3.12. The zero-order chi connectivity index (χ0) is 8.97. The summed E-state index contributed by atoms with van der Waals surface area (Å²) in [5, 5.41) is 0. The number of amides is 1. The molecule has 0 aromatic rings. The molecular formula is C9H15NO2. The fourth-order valence-corrected chi connectivity index (χ4v) is 1.24. The SMILES string of the molecule is C/C(=C\CC1CCCO1)C(N)=O. The van der Waals surface area contributed by atoms with E-state index in [1.165, 1.54) is 0 Å². The van der Waals surface area contributed by atoms with Gasteiger partial charge in [0, 0.05) is 12.2 Å². The second kappa shape index (κ2) is 4.26. The van der Waals surface area contributed by atoms with E-state index in [0.717, 1.165) is 25.9 Å². The Morgan fingerprint density at radius 2 is 2.50 bits per heavy atom. The van der Waals surface area contributed by atoms with Gasteiger partial charge in [0.1, 0.15) is 0 Å². The van der Waals surface area contributed by atoms with Crippen LogP contribution in [0.2, 0.25) is 0 Å². The molecule has 0 aromatic heterocycles. The molecule has 0 spiro atoms. The molecule has 1 atom stereocenters. The van der Waals surface area contributed by atoms with Crippen LogP contribution in [0, 0.1) is 0 Å². The first-order valence-electron chi connectivity index (χ1n) is 4.28. The van der Waals surface area contributed by atoms with Crippen molar-refractivity contribution < 1.29 is 9.53 Å². The van der Waals surface area contributed by atoms with Crippen molar-refractivity contribution in [3.05, 3.63) is 11.6 Å². The minimum absolute atomic E-state index is 0.305. The van der Waals surface area contributed by atoms with Crippen molar-refractivity contribution in [3.63, 3.8) is 0 Å². The lowest BCUT2D eigenvalue weighted by atomic mass is 10.1. The quantitative estimate of drug-likeness (QED) is 0.640. The van der Waals surface area contributed by atoms with E-state index in [4.69, 9.17) is 10.5 Å². The van der Waals surface area contributed by atoms with E-state index in [2.05, 4.69) is 0 Å². The van der Waals surface area contributed by atoms with E-state index in [0.29, 0.717) is 11.7 Å². The van der Waals surface area contributed by atoms with E-state index in [1.807, 2.05) is 6.08 Å². The van der Waals surface area contributed by atoms with Gasteiger partial charge in [-0.15, -0.1) is 0 Å².